The molecule has 0 saturated carbocycles. The minimum atomic E-state index is -0.517. The number of rotatable bonds is 2. The molecule has 0 unspecified atom stereocenters. The van der Waals surface area contributed by atoms with E-state index in [9.17, 15) is 4.39 Å². The lowest BCUT2D eigenvalue weighted by Gasteiger charge is -1.99. The summed E-state index contributed by atoms with van der Waals surface area (Å²) in [6.07, 6.45) is 1.42. The zero-order chi connectivity index (χ0) is 10.8. The van der Waals surface area contributed by atoms with E-state index in [0.29, 0.717) is 11.7 Å². The van der Waals surface area contributed by atoms with Gasteiger partial charge in [-0.3, -0.25) is 0 Å². The summed E-state index contributed by atoms with van der Waals surface area (Å²) in [7, 11) is 0. The van der Waals surface area contributed by atoms with E-state index in [2.05, 4.69) is 4.98 Å². The summed E-state index contributed by atoms with van der Waals surface area (Å²) in [6, 6.07) is 4.68. The zero-order valence-electron chi connectivity index (χ0n) is 7.51. The third kappa shape index (κ3) is 1.98. The molecule has 2 aromatic rings. The lowest BCUT2D eigenvalue weighted by atomic mass is 10.2. The molecule has 0 atom stereocenters. The van der Waals surface area contributed by atoms with Crippen LogP contribution in [0.2, 0.25) is 5.02 Å². The highest BCUT2D eigenvalue weighted by Gasteiger charge is 2.12. The van der Waals surface area contributed by atoms with Crippen LogP contribution in [-0.4, -0.2) is 4.98 Å². The topological polar surface area (TPSA) is 26.0 Å². The highest BCUT2D eigenvalue weighted by atomic mass is 35.5. The first kappa shape index (κ1) is 10.5. The van der Waals surface area contributed by atoms with Crippen molar-refractivity contribution in [3.05, 3.63) is 41.1 Å². The van der Waals surface area contributed by atoms with Crippen molar-refractivity contribution in [2.24, 2.45) is 0 Å². The fraction of sp³-hybridized carbons (Fsp3) is 0.100. The smallest absolute Gasteiger partial charge is 0.209 e. The number of hydrogen-bond donors (Lipinski definition) is 0. The predicted octanol–water partition coefficient (Wildman–Crippen LogP) is 3.87. The van der Waals surface area contributed by atoms with Crippen LogP contribution < -0.4 is 0 Å². The molecule has 0 amide bonds. The maximum atomic E-state index is 13.5. The van der Waals surface area contributed by atoms with Gasteiger partial charge in [0.05, 0.1) is 22.7 Å². The van der Waals surface area contributed by atoms with E-state index in [1.807, 2.05) is 0 Å². The summed E-state index contributed by atoms with van der Waals surface area (Å²) in [5, 5.41) is 0.0522. The summed E-state index contributed by atoms with van der Waals surface area (Å²) < 4.78 is 18.8. The molecule has 0 saturated heterocycles. The van der Waals surface area contributed by atoms with Gasteiger partial charge in [-0.2, -0.15) is 0 Å². The van der Waals surface area contributed by atoms with Crippen LogP contribution in [0.5, 0.6) is 0 Å². The van der Waals surface area contributed by atoms with Crippen molar-refractivity contribution in [2.75, 3.05) is 0 Å². The molecule has 0 spiro atoms. The molecule has 5 heteroatoms. The minimum Gasteiger partial charge on any atom is -0.439 e. The van der Waals surface area contributed by atoms with Crippen molar-refractivity contribution in [1.29, 1.82) is 0 Å². The van der Waals surface area contributed by atoms with Crippen LogP contribution >= 0.6 is 23.2 Å². The van der Waals surface area contributed by atoms with Gasteiger partial charge in [-0.1, -0.05) is 17.7 Å². The van der Waals surface area contributed by atoms with Gasteiger partial charge in [0.2, 0.25) is 5.89 Å². The Balaban J connectivity index is 2.49. The Bertz CT molecular complexity index is 484. The predicted molar refractivity (Wildman–Crippen MR) is 56.5 cm³/mol. The minimum absolute atomic E-state index is 0.0522. The molecule has 78 valence electrons. The standard InChI is InChI=1S/C10H6Cl2FNO/c11-4-9-14-5-8(15-9)6-2-1-3-7(12)10(6)13/h1-3,5H,4H2. The fourth-order valence-electron chi connectivity index (χ4n) is 1.19. The monoisotopic (exact) mass is 245 g/mol. The summed E-state index contributed by atoms with van der Waals surface area (Å²) in [6.45, 7) is 0. The first-order valence-corrected chi connectivity index (χ1v) is 5.08. The van der Waals surface area contributed by atoms with Gasteiger partial charge >= 0.3 is 0 Å². The van der Waals surface area contributed by atoms with Gasteiger partial charge in [0, 0.05) is 0 Å². The van der Waals surface area contributed by atoms with Gasteiger partial charge in [0.15, 0.2) is 11.6 Å². The van der Waals surface area contributed by atoms with Crippen molar-refractivity contribution in [1.82, 2.24) is 4.98 Å². The molecule has 0 N–H and O–H groups in total. The molecular formula is C10H6Cl2FNO. The lowest BCUT2D eigenvalue weighted by molar-refractivity contribution is 0.523. The highest BCUT2D eigenvalue weighted by molar-refractivity contribution is 6.31. The Morgan fingerprint density at radius 2 is 2.20 bits per heavy atom. The maximum Gasteiger partial charge on any atom is 0.209 e. The Hall–Kier alpha value is -1.06. The van der Waals surface area contributed by atoms with Gasteiger partial charge in [0.25, 0.3) is 0 Å². The van der Waals surface area contributed by atoms with Crippen LogP contribution in [-0.2, 0) is 5.88 Å². The number of nitrogens with zero attached hydrogens (tertiary/aromatic N) is 1. The Morgan fingerprint density at radius 3 is 2.87 bits per heavy atom. The molecule has 1 aromatic carbocycles. The van der Waals surface area contributed by atoms with E-state index in [4.69, 9.17) is 27.6 Å². The third-order valence-electron chi connectivity index (χ3n) is 1.88. The van der Waals surface area contributed by atoms with Crippen molar-refractivity contribution in [3.8, 4) is 11.3 Å². The van der Waals surface area contributed by atoms with Crippen molar-refractivity contribution in [2.45, 2.75) is 5.88 Å². The zero-order valence-corrected chi connectivity index (χ0v) is 9.02. The Morgan fingerprint density at radius 1 is 1.40 bits per heavy atom. The van der Waals surface area contributed by atoms with Gasteiger partial charge in [-0.05, 0) is 12.1 Å². The molecule has 1 heterocycles. The second-order valence-electron chi connectivity index (χ2n) is 2.85. The Labute approximate surface area is 95.6 Å². The molecule has 0 aliphatic heterocycles. The van der Waals surface area contributed by atoms with E-state index in [1.165, 1.54) is 12.3 Å². The van der Waals surface area contributed by atoms with Crippen LogP contribution in [0, 0.1) is 5.82 Å². The highest BCUT2D eigenvalue weighted by Crippen LogP contribution is 2.28. The molecule has 0 aliphatic rings. The molecular weight excluding hydrogens is 240 g/mol. The van der Waals surface area contributed by atoms with Crippen LogP contribution in [0.3, 0.4) is 0 Å². The summed E-state index contributed by atoms with van der Waals surface area (Å²) in [5.74, 6) is 0.315. The summed E-state index contributed by atoms with van der Waals surface area (Å²) in [5.41, 5.74) is 0.284. The molecule has 1 aromatic heterocycles. The van der Waals surface area contributed by atoms with E-state index in [-0.39, 0.29) is 16.5 Å². The first-order chi connectivity index (χ1) is 7.22. The third-order valence-corrected chi connectivity index (χ3v) is 2.41. The maximum absolute atomic E-state index is 13.5. The summed E-state index contributed by atoms with van der Waals surface area (Å²) in [4.78, 5) is 3.87. The molecule has 0 radical (unpaired) electrons. The molecule has 15 heavy (non-hydrogen) atoms. The second-order valence-corrected chi connectivity index (χ2v) is 3.53. The summed E-state index contributed by atoms with van der Waals surface area (Å²) >= 11 is 11.2. The number of alkyl halides is 1. The largest absolute Gasteiger partial charge is 0.439 e. The van der Waals surface area contributed by atoms with Gasteiger partial charge in [-0.25, -0.2) is 9.37 Å². The molecule has 2 nitrogen and oxygen atoms in total. The second kappa shape index (κ2) is 4.21. The SMILES string of the molecule is Fc1c(Cl)cccc1-c1cnc(CCl)o1. The van der Waals surface area contributed by atoms with Crippen molar-refractivity contribution >= 4 is 23.2 Å². The van der Waals surface area contributed by atoms with Crippen LogP contribution in [0.4, 0.5) is 4.39 Å². The van der Waals surface area contributed by atoms with Crippen molar-refractivity contribution < 1.29 is 8.81 Å². The van der Waals surface area contributed by atoms with Crippen LogP contribution in [0.15, 0.2) is 28.8 Å². The molecule has 2 rings (SSSR count). The fourth-order valence-corrected chi connectivity index (χ4v) is 1.49. The van der Waals surface area contributed by atoms with E-state index in [0.717, 1.165) is 0 Å². The van der Waals surface area contributed by atoms with Gasteiger partial charge in [-0.15, -0.1) is 11.6 Å². The molecule has 0 aliphatic carbocycles. The van der Waals surface area contributed by atoms with Gasteiger partial charge in [0.1, 0.15) is 0 Å². The average molecular weight is 246 g/mol. The average Bonchev–Trinajstić information content (AvgIpc) is 2.70. The number of benzene rings is 1. The quantitative estimate of drug-likeness (QED) is 0.751. The van der Waals surface area contributed by atoms with Gasteiger partial charge < -0.3 is 4.42 Å². The lowest BCUT2D eigenvalue weighted by Crippen LogP contribution is -1.82. The Kier molecular flexibility index (Phi) is 2.93. The van der Waals surface area contributed by atoms with Crippen LogP contribution in [0.25, 0.3) is 11.3 Å². The normalized spacial score (nSPS) is 10.6. The van der Waals surface area contributed by atoms with Crippen molar-refractivity contribution in [3.63, 3.8) is 0 Å². The number of oxazole rings is 1. The molecule has 0 fully saturated rings. The number of hydrogen-bond acceptors (Lipinski definition) is 2. The number of aromatic nitrogens is 1. The first-order valence-electron chi connectivity index (χ1n) is 4.17. The van der Waals surface area contributed by atoms with Crippen LogP contribution in [0.1, 0.15) is 5.89 Å². The van der Waals surface area contributed by atoms with E-state index in [1.54, 1.807) is 12.1 Å². The van der Waals surface area contributed by atoms with E-state index < -0.39 is 5.82 Å². The van der Waals surface area contributed by atoms with E-state index >= 15 is 0 Å². The number of halogens is 3. The molecule has 0 bridgehead atoms.